The molecule has 1 aromatic carbocycles. The van der Waals surface area contributed by atoms with E-state index in [1.54, 1.807) is 12.3 Å². The highest BCUT2D eigenvalue weighted by atomic mass is 19.4. The Hall–Kier alpha value is -3.36. The van der Waals surface area contributed by atoms with E-state index in [9.17, 15) is 18.0 Å². The van der Waals surface area contributed by atoms with Gasteiger partial charge in [-0.15, -0.1) is 0 Å². The lowest BCUT2D eigenvalue weighted by Crippen LogP contribution is -2.15. The van der Waals surface area contributed by atoms with Gasteiger partial charge in [0.1, 0.15) is 0 Å². The number of aryl methyl sites for hydroxylation is 2. The van der Waals surface area contributed by atoms with Crippen molar-refractivity contribution in [3.8, 4) is 17.3 Å². The van der Waals surface area contributed by atoms with Crippen molar-refractivity contribution in [2.75, 3.05) is 6.61 Å². The second-order valence-electron chi connectivity index (χ2n) is 9.24. The zero-order valence-electron chi connectivity index (χ0n) is 20.6. The van der Waals surface area contributed by atoms with E-state index in [1.807, 2.05) is 39.8 Å². The summed E-state index contributed by atoms with van der Waals surface area (Å²) in [5, 5.41) is 4.63. The Morgan fingerprint density at radius 3 is 2.40 bits per heavy atom. The van der Waals surface area contributed by atoms with E-state index in [0.29, 0.717) is 36.8 Å². The number of hydrogen-bond donors (Lipinski definition) is 0. The molecule has 2 heterocycles. The molecule has 0 aliphatic rings. The molecule has 0 saturated heterocycles. The van der Waals surface area contributed by atoms with Gasteiger partial charge in [0.25, 0.3) is 0 Å². The van der Waals surface area contributed by atoms with Crippen LogP contribution in [0.25, 0.3) is 5.82 Å². The van der Waals surface area contributed by atoms with Gasteiger partial charge in [0.2, 0.25) is 0 Å². The maximum atomic E-state index is 12.9. The van der Waals surface area contributed by atoms with Crippen LogP contribution in [-0.2, 0) is 29.2 Å². The fourth-order valence-corrected chi connectivity index (χ4v) is 3.71. The number of alkyl halides is 3. The molecule has 0 saturated carbocycles. The largest absolute Gasteiger partial charge is 0.489 e. The number of carbonyl (C=O) groups is 1. The maximum Gasteiger partial charge on any atom is 0.417 e. The summed E-state index contributed by atoms with van der Waals surface area (Å²) in [5.74, 6) is 0.857. The highest BCUT2D eigenvalue weighted by Crippen LogP contribution is 2.33. The molecule has 3 rings (SSSR count). The Labute approximate surface area is 203 Å². The molecule has 0 unspecified atom stereocenters. The first kappa shape index (κ1) is 26.2. The third kappa shape index (κ3) is 6.61. The van der Waals surface area contributed by atoms with Crippen LogP contribution in [0.5, 0.6) is 11.5 Å². The summed E-state index contributed by atoms with van der Waals surface area (Å²) in [6.07, 6.45) is 0.208. The lowest BCUT2D eigenvalue weighted by atomic mass is 9.88. The molecule has 188 valence electrons. The van der Waals surface area contributed by atoms with Gasteiger partial charge in [-0.1, -0.05) is 39.8 Å². The Morgan fingerprint density at radius 1 is 1.09 bits per heavy atom. The molecule has 6 nitrogen and oxygen atoms in total. The molecule has 0 atom stereocenters. The van der Waals surface area contributed by atoms with E-state index in [-0.39, 0.29) is 5.41 Å². The Morgan fingerprint density at radius 2 is 1.83 bits per heavy atom. The first-order valence-electron chi connectivity index (χ1n) is 11.5. The Bertz CT molecular complexity index is 1160. The van der Waals surface area contributed by atoms with Gasteiger partial charge in [0.15, 0.2) is 17.3 Å². The summed E-state index contributed by atoms with van der Waals surface area (Å²) in [4.78, 5) is 15.4. The van der Waals surface area contributed by atoms with Gasteiger partial charge in [0, 0.05) is 24.7 Å². The van der Waals surface area contributed by atoms with E-state index >= 15 is 0 Å². The molecule has 0 aliphatic carbocycles. The smallest absolute Gasteiger partial charge is 0.417 e. The van der Waals surface area contributed by atoms with Gasteiger partial charge in [-0.05, 0) is 48.6 Å². The van der Waals surface area contributed by atoms with Crippen LogP contribution in [0.2, 0.25) is 0 Å². The van der Waals surface area contributed by atoms with Crippen LogP contribution >= 0.6 is 0 Å². The van der Waals surface area contributed by atoms with Crippen LogP contribution in [0, 0.1) is 0 Å². The Kier molecular flexibility index (Phi) is 7.87. The third-order valence-electron chi connectivity index (χ3n) is 5.34. The number of benzene rings is 1. The molecule has 0 N–H and O–H groups in total. The molecular formula is C26H30F3N3O3. The minimum absolute atomic E-state index is 0.273. The van der Waals surface area contributed by atoms with Crippen molar-refractivity contribution in [3.05, 3.63) is 65.1 Å². The van der Waals surface area contributed by atoms with Crippen LogP contribution in [-0.4, -0.2) is 27.3 Å². The molecule has 0 radical (unpaired) electrons. The van der Waals surface area contributed by atoms with E-state index in [0.717, 1.165) is 35.5 Å². The predicted octanol–water partition coefficient (Wildman–Crippen LogP) is 6.08. The fraction of sp³-hybridized carbons (Fsp3) is 0.423. The molecule has 0 amide bonds. The highest BCUT2D eigenvalue weighted by Gasteiger charge is 2.31. The van der Waals surface area contributed by atoms with Crippen molar-refractivity contribution >= 4 is 5.97 Å². The number of nitrogens with zero attached hydrogens (tertiary/aromatic N) is 3. The van der Waals surface area contributed by atoms with Crippen LogP contribution < -0.4 is 9.47 Å². The van der Waals surface area contributed by atoms with Gasteiger partial charge in [-0.25, -0.2) is 9.67 Å². The van der Waals surface area contributed by atoms with E-state index in [4.69, 9.17) is 9.47 Å². The number of halogens is 3. The van der Waals surface area contributed by atoms with Crippen LogP contribution in [0.4, 0.5) is 13.2 Å². The quantitative estimate of drug-likeness (QED) is 0.218. The van der Waals surface area contributed by atoms with Crippen molar-refractivity contribution in [2.24, 2.45) is 0 Å². The van der Waals surface area contributed by atoms with E-state index < -0.39 is 17.7 Å². The summed E-state index contributed by atoms with van der Waals surface area (Å²) in [6, 6.07) is 7.77. The zero-order chi connectivity index (χ0) is 25.8. The van der Waals surface area contributed by atoms with Crippen molar-refractivity contribution < 1.29 is 27.4 Å². The van der Waals surface area contributed by atoms with E-state index in [2.05, 4.69) is 10.1 Å². The summed E-state index contributed by atoms with van der Waals surface area (Å²) in [7, 11) is 0. The maximum absolute atomic E-state index is 12.9. The normalized spacial score (nSPS) is 12.0. The monoisotopic (exact) mass is 489 g/mol. The van der Waals surface area contributed by atoms with Gasteiger partial charge < -0.3 is 9.47 Å². The number of rotatable bonds is 8. The first-order valence-corrected chi connectivity index (χ1v) is 11.5. The summed E-state index contributed by atoms with van der Waals surface area (Å²) < 4.78 is 51.5. The molecule has 0 bridgehead atoms. The predicted molar refractivity (Wildman–Crippen MR) is 126 cm³/mol. The zero-order valence-corrected chi connectivity index (χ0v) is 20.6. The SMILES string of the molecule is CCc1cccc(OC(C)=O)c1OCCCc1cn(-c2ccc(C(F)(F)F)cn2)nc1C(C)(C)C. The number of para-hydroxylation sites is 1. The molecule has 2 aromatic heterocycles. The van der Waals surface area contributed by atoms with Crippen molar-refractivity contribution in [1.82, 2.24) is 14.8 Å². The van der Waals surface area contributed by atoms with Crippen molar-refractivity contribution in [2.45, 2.75) is 65.5 Å². The van der Waals surface area contributed by atoms with Crippen molar-refractivity contribution in [1.29, 1.82) is 0 Å². The molecule has 9 heteroatoms. The van der Waals surface area contributed by atoms with E-state index in [1.165, 1.54) is 17.7 Å². The average molecular weight is 490 g/mol. The molecular weight excluding hydrogens is 459 g/mol. The number of aromatic nitrogens is 3. The minimum atomic E-state index is -4.44. The highest BCUT2D eigenvalue weighted by molar-refractivity contribution is 5.70. The first-order chi connectivity index (χ1) is 16.4. The molecule has 3 aromatic rings. The topological polar surface area (TPSA) is 66.2 Å². The molecule has 0 spiro atoms. The number of carbonyl (C=O) groups excluding carboxylic acids is 1. The standard InChI is InChI=1S/C26H30F3N3O3/c1-6-18-9-7-11-21(35-17(2)33)23(18)34-14-8-10-19-16-32(31-24(19)25(3,4)5)22-13-12-20(15-30-22)26(27,28)29/h7,9,11-13,15-16H,6,8,10,14H2,1-5H3. The molecule has 0 aliphatic heterocycles. The fourth-order valence-electron chi connectivity index (χ4n) is 3.71. The lowest BCUT2D eigenvalue weighted by molar-refractivity contribution is -0.138. The van der Waals surface area contributed by atoms with Gasteiger partial charge in [-0.3, -0.25) is 4.79 Å². The minimum Gasteiger partial charge on any atom is -0.489 e. The number of ether oxygens (including phenoxy) is 2. The van der Waals surface area contributed by atoms with Gasteiger partial charge >= 0.3 is 12.1 Å². The average Bonchev–Trinajstić information content (AvgIpc) is 3.21. The summed E-state index contributed by atoms with van der Waals surface area (Å²) in [6.45, 7) is 9.82. The second kappa shape index (κ2) is 10.5. The third-order valence-corrected chi connectivity index (χ3v) is 5.34. The van der Waals surface area contributed by atoms with Crippen LogP contribution in [0.15, 0.2) is 42.7 Å². The van der Waals surface area contributed by atoms with Gasteiger partial charge in [-0.2, -0.15) is 18.3 Å². The number of hydrogen-bond acceptors (Lipinski definition) is 5. The molecule has 0 fully saturated rings. The van der Waals surface area contributed by atoms with Gasteiger partial charge in [0.05, 0.1) is 17.9 Å². The molecule has 35 heavy (non-hydrogen) atoms. The second-order valence-corrected chi connectivity index (χ2v) is 9.24. The Balaban J connectivity index is 1.76. The number of pyridine rings is 1. The summed E-state index contributed by atoms with van der Waals surface area (Å²) in [5.41, 5.74) is 1.67. The van der Waals surface area contributed by atoms with Crippen molar-refractivity contribution in [3.63, 3.8) is 0 Å². The summed E-state index contributed by atoms with van der Waals surface area (Å²) >= 11 is 0. The number of esters is 1. The lowest BCUT2D eigenvalue weighted by Gasteiger charge is -2.18. The van der Waals surface area contributed by atoms with Crippen LogP contribution in [0.3, 0.4) is 0 Å². The van der Waals surface area contributed by atoms with Crippen LogP contribution in [0.1, 0.15) is 63.4 Å².